The predicted molar refractivity (Wildman–Crippen MR) is 91.3 cm³/mol. The normalized spacial score (nSPS) is 21.0. The number of ether oxygens (including phenoxy) is 1. The van der Waals surface area contributed by atoms with Gasteiger partial charge in [0.1, 0.15) is 12.4 Å². The average Bonchev–Trinajstić information content (AvgIpc) is 3.04. The van der Waals surface area contributed by atoms with Gasteiger partial charge in [-0.1, -0.05) is 55.8 Å². The van der Waals surface area contributed by atoms with Crippen LogP contribution in [0.2, 0.25) is 0 Å². The van der Waals surface area contributed by atoms with Gasteiger partial charge in [-0.05, 0) is 42.6 Å². The fourth-order valence-electron chi connectivity index (χ4n) is 3.48. The van der Waals surface area contributed by atoms with E-state index in [-0.39, 0.29) is 0 Å². The lowest BCUT2D eigenvalue weighted by atomic mass is 9.76. The van der Waals surface area contributed by atoms with E-state index < -0.39 is 0 Å². The molecule has 0 spiro atoms. The maximum absolute atomic E-state index is 6.00. The van der Waals surface area contributed by atoms with Crippen molar-refractivity contribution < 1.29 is 4.74 Å². The smallest absolute Gasteiger partial charge is 0.120 e. The lowest BCUT2D eigenvalue weighted by Crippen LogP contribution is -2.28. The Morgan fingerprint density at radius 3 is 2.68 bits per heavy atom. The second kappa shape index (κ2) is 6.97. The first-order valence-corrected chi connectivity index (χ1v) is 8.30. The van der Waals surface area contributed by atoms with Gasteiger partial charge in [0.15, 0.2) is 0 Å². The van der Waals surface area contributed by atoms with Gasteiger partial charge in [0.05, 0.1) is 0 Å². The first-order chi connectivity index (χ1) is 10.8. The Morgan fingerprint density at radius 1 is 1.09 bits per heavy atom. The molecular weight excluding hydrogens is 270 g/mol. The molecule has 1 aliphatic rings. The molecule has 0 saturated carbocycles. The summed E-state index contributed by atoms with van der Waals surface area (Å²) in [7, 11) is 0. The van der Waals surface area contributed by atoms with Crippen LogP contribution in [0.25, 0.3) is 0 Å². The highest BCUT2D eigenvalue weighted by molar-refractivity contribution is 5.35. The highest BCUT2D eigenvalue weighted by atomic mass is 16.5. The minimum atomic E-state index is 0.293. The van der Waals surface area contributed by atoms with Crippen molar-refractivity contribution in [1.29, 1.82) is 0 Å². The van der Waals surface area contributed by atoms with Gasteiger partial charge in [-0.2, -0.15) is 0 Å². The molecule has 1 saturated heterocycles. The van der Waals surface area contributed by atoms with Gasteiger partial charge in [-0.3, -0.25) is 0 Å². The van der Waals surface area contributed by atoms with E-state index in [4.69, 9.17) is 4.74 Å². The molecular formula is C20H25NO. The van der Waals surface area contributed by atoms with Gasteiger partial charge in [0.25, 0.3) is 0 Å². The Labute approximate surface area is 133 Å². The fraction of sp³-hybridized carbons (Fsp3) is 0.400. The first-order valence-electron chi connectivity index (χ1n) is 8.30. The van der Waals surface area contributed by atoms with E-state index in [1.165, 1.54) is 30.4 Å². The van der Waals surface area contributed by atoms with Crippen LogP contribution in [0.1, 0.15) is 37.3 Å². The van der Waals surface area contributed by atoms with Crippen LogP contribution in [0.3, 0.4) is 0 Å². The maximum Gasteiger partial charge on any atom is 0.120 e. The van der Waals surface area contributed by atoms with E-state index in [1.807, 2.05) is 6.07 Å². The zero-order valence-corrected chi connectivity index (χ0v) is 13.3. The molecule has 1 fully saturated rings. The van der Waals surface area contributed by atoms with Crippen LogP contribution in [0.5, 0.6) is 5.75 Å². The van der Waals surface area contributed by atoms with Gasteiger partial charge in [-0.15, -0.1) is 0 Å². The van der Waals surface area contributed by atoms with Crippen molar-refractivity contribution in [3.63, 3.8) is 0 Å². The van der Waals surface area contributed by atoms with Gasteiger partial charge in [-0.25, -0.2) is 0 Å². The van der Waals surface area contributed by atoms with Crippen molar-refractivity contribution >= 4 is 0 Å². The number of benzene rings is 2. The van der Waals surface area contributed by atoms with Crippen LogP contribution in [0.4, 0.5) is 0 Å². The molecule has 1 atom stereocenters. The molecule has 0 unspecified atom stereocenters. The molecule has 1 aliphatic heterocycles. The van der Waals surface area contributed by atoms with Crippen molar-refractivity contribution in [2.45, 2.75) is 38.2 Å². The SMILES string of the molecule is CCC[C@]1(c2cccc(OCc3ccccc3)c2)CCNC1. The summed E-state index contributed by atoms with van der Waals surface area (Å²) in [6.45, 7) is 5.11. The number of hydrogen-bond acceptors (Lipinski definition) is 2. The monoisotopic (exact) mass is 295 g/mol. The summed E-state index contributed by atoms with van der Waals surface area (Å²) in [6.07, 6.45) is 3.68. The van der Waals surface area contributed by atoms with Crippen LogP contribution >= 0.6 is 0 Å². The number of rotatable bonds is 6. The Hall–Kier alpha value is -1.80. The second-order valence-electron chi connectivity index (χ2n) is 6.26. The highest BCUT2D eigenvalue weighted by Crippen LogP contribution is 2.36. The van der Waals surface area contributed by atoms with Crippen molar-refractivity contribution in [2.24, 2.45) is 0 Å². The largest absolute Gasteiger partial charge is 0.489 e. The van der Waals surface area contributed by atoms with E-state index in [2.05, 4.69) is 60.8 Å². The number of nitrogens with one attached hydrogen (secondary N) is 1. The summed E-state index contributed by atoms with van der Waals surface area (Å²) in [4.78, 5) is 0. The Balaban J connectivity index is 1.74. The van der Waals surface area contributed by atoms with Crippen molar-refractivity contribution in [3.05, 3.63) is 65.7 Å². The summed E-state index contributed by atoms with van der Waals surface area (Å²) in [5.41, 5.74) is 2.92. The zero-order chi connectivity index (χ0) is 15.3. The standard InChI is InChI=1S/C20H25NO/c1-2-11-20(12-13-21-16-20)18-9-6-10-19(14-18)22-15-17-7-4-3-5-8-17/h3-10,14,21H,2,11-13,15-16H2,1H3/t20-/m0/s1. The maximum atomic E-state index is 6.00. The Morgan fingerprint density at radius 2 is 1.95 bits per heavy atom. The van der Waals surface area contributed by atoms with Crippen LogP contribution in [-0.2, 0) is 12.0 Å². The van der Waals surface area contributed by atoms with E-state index in [0.29, 0.717) is 12.0 Å². The fourth-order valence-corrected chi connectivity index (χ4v) is 3.48. The molecule has 2 aromatic carbocycles. The summed E-state index contributed by atoms with van der Waals surface area (Å²) >= 11 is 0. The lowest BCUT2D eigenvalue weighted by Gasteiger charge is -2.29. The molecule has 22 heavy (non-hydrogen) atoms. The van der Waals surface area contributed by atoms with Crippen molar-refractivity contribution in [2.75, 3.05) is 13.1 Å². The van der Waals surface area contributed by atoms with Gasteiger partial charge in [0, 0.05) is 12.0 Å². The molecule has 116 valence electrons. The van der Waals surface area contributed by atoms with E-state index in [0.717, 1.165) is 18.8 Å². The van der Waals surface area contributed by atoms with Crippen LogP contribution in [-0.4, -0.2) is 13.1 Å². The predicted octanol–water partition coefficient (Wildman–Crippen LogP) is 4.30. The molecule has 1 heterocycles. The van der Waals surface area contributed by atoms with Crippen molar-refractivity contribution in [1.82, 2.24) is 5.32 Å². The van der Waals surface area contributed by atoms with E-state index in [9.17, 15) is 0 Å². The van der Waals surface area contributed by atoms with Gasteiger partial charge >= 0.3 is 0 Å². The highest BCUT2D eigenvalue weighted by Gasteiger charge is 2.34. The summed E-state index contributed by atoms with van der Waals surface area (Å²) in [6, 6.07) is 19.0. The third kappa shape index (κ3) is 3.33. The minimum Gasteiger partial charge on any atom is -0.489 e. The van der Waals surface area contributed by atoms with Crippen molar-refractivity contribution in [3.8, 4) is 5.75 Å². The molecule has 2 nitrogen and oxygen atoms in total. The molecule has 0 amide bonds. The lowest BCUT2D eigenvalue weighted by molar-refractivity contribution is 0.304. The molecule has 2 heteroatoms. The Kier molecular flexibility index (Phi) is 4.79. The molecule has 3 rings (SSSR count). The van der Waals surface area contributed by atoms with Crippen LogP contribution in [0.15, 0.2) is 54.6 Å². The quantitative estimate of drug-likeness (QED) is 0.858. The summed E-state index contributed by atoms with van der Waals surface area (Å²) in [5, 5.41) is 3.53. The summed E-state index contributed by atoms with van der Waals surface area (Å²) < 4.78 is 6.00. The molecule has 2 aromatic rings. The minimum absolute atomic E-state index is 0.293. The average molecular weight is 295 g/mol. The molecule has 1 N–H and O–H groups in total. The third-order valence-corrected chi connectivity index (χ3v) is 4.67. The summed E-state index contributed by atoms with van der Waals surface area (Å²) in [5.74, 6) is 0.976. The van der Waals surface area contributed by atoms with Crippen LogP contribution in [0, 0.1) is 0 Å². The van der Waals surface area contributed by atoms with Gasteiger partial charge in [0.2, 0.25) is 0 Å². The van der Waals surface area contributed by atoms with E-state index in [1.54, 1.807) is 0 Å². The van der Waals surface area contributed by atoms with Gasteiger partial charge < -0.3 is 10.1 Å². The Bertz CT molecular complexity index is 588. The van der Waals surface area contributed by atoms with Crippen LogP contribution < -0.4 is 10.1 Å². The van der Waals surface area contributed by atoms with E-state index >= 15 is 0 Å². The third-order valence-electron chi connectivity index (χ3n) is 4.67. The molecule has 0 bridgehead atoms. The molecule has 0 aliphatic carbocycles. The first kappa shape index (κ1) is 15.1. The number of hydrogen-bond donors (Lipinski definition) is 1. The topological polar surface area (TPSA) is 21.3 Å². The second-order valence-corrected chi connectivity index (χ2v) is 6.26. The molecule has 0 aromatic heterocycles. The molecule has 0 radical (unpaired) electrons. The zero-order valence-electron chi connectivity index (χ0n) is 13.3.